The van der Waals surface area contributed by atoms with Gasteiger partial charge in [-0.25, -0.2) is 4.79 Å². The third-order valence-electron chi connectivity index (χ3n) is 4.97. The number of nitrogens with zero attached hydrogens (tertiary/aromatic N) is 3. The van der Waals surface area contributed by atoms with E-state index in [-0.39, 0.29) is 18.0 Å². The number of halogens is 1. The maximum atomic E-state index is 12.3. The Kier molecular flexibility index (Phi) is 7.83. The lowest BCUT2D eigenvalue weighted by atomic mass is 10.1. The molecule has 32 heavy (non-hydrogen) atoms. The molecule has 1 heterocycles. The molecule has 0 saturated carbocycles. The van der Waals surface area contributed by atoms with Gasteiger partial charge in [0.05, 0.1) is 0 Å². The Hall–Kier alpha value is -3.39. The minimum absolute atomic E-state index is 0.114. The number of urea groups is 1. The van der Waals surface area contributed by atoms with E-state index < -0.39 is 0 Å². The number of likely N-dealkylation sites (N-methyl/N-ethyl adjacent to an activating group) is 1. The van der Waals surface area contributed by atoms with Crippen LogP contribution in [0.25, 0.3) is 11.5 Å². The van der Waals surface area contributed by atoms with E-state index in [1.54, 1.807) is 55.6 Å². The van der Waals surface area contributed by atoms with Crippen LogP contribution in [0.4, 0.5) is 10.5 Å². The van der Waals surface area contributed by atoms with E-state index in [9.17, 15) is 9.59 Å². The summed E-state index contributed by atoms with van der Waals surface area (Å²) in [6, 6.07) is 13.8. The molecule has 0 unspecified atom stereocenters. The Bertz CT molecular complexity index is 1050. The summed E-state index contributed by atoms with van der Waals surface area (Å²) in [5.74, 6) is 0.740. The van der Waals surface area contributed by atoms with Crippen molar-refractivity contribution in [1.29, 1.82) is 0 Å². The third-order valence-corrected chi connectivity index (χ3v) is 5.22. The van der Waals surface area contributed by atoms with Crippen molar-refractivity contribution in [2.45, 2.75) is 32.7 Å². The topological polar surface area (TPSA) is 100 Å². The number of carbonyl (C=O) groups is 2. The second kappa shape index (κ2) is 10.8. The Morgan fingerprint density at radius 1 is 1.12 bits per heavy atom. The molecular formula is C23H26ClN5O3. The molecule has 3 aromatic rings. The molecule has 3 amide bonds. The largest absolute Gasteiger partial charge is 0.350 e. The van der Waals surface area contributed by atoms with Crippen LogP contribution in [0, 0.1) is 0 Å². The number of hydrogen-bond donors (Lipinski definition) is 2. The average molecular weight is 456 g/mol. The summed E-state index contributed by atoms with van der Waals surface area (Å²) < 4.78 is 5.34. The van der Waals surface area contributed by atoms with Gasteiger partial charge in [0, 0.05) is 47.9 Å². The molecule has 3 rings (SSSR count). The predicted octanol–water partition coefficient (Wildman–Crippen LogP) is 4.62. The van der Waals surface area contributed by atoms with Crippen LogP contribution in [-0.2, 0) is 6.42 Å². The van der Waals surface area contributed by atoms with Gasteiger partial charge in [-0.1, -0.05) is 23.7 Å². The van der Waals surface area contributed by atoms with Gasteiger partial charge in [0.25, 0.3) is 11.8 Å². The van der Waals surface area contributed by atoms with Crippen molar-refractivity contribution < 1.29 is 14.1 Å². The van der Waals surface area contributed by atoms with Crippen molar-refractivity contribution in [3.8, 4) is 11.5 Å². The van der Waals surface area contributed by atoms with Crippen LogP contribution in [0.5, 0.6) is 0 Å². The monoisotopic (exact) mass is 455 g/mol. The van der Waals surface area contributed by atoms with Gasteiger partial charge in [0.2, 0.25) is 0 Å². The number of carbonyl (C=O) groups excluding carboxylic acids is 2. The lowest BCUT2D eigenvalue weighted by Crippen LogP contribution is -2.33. The highest BCUT2D eigenvalue weighted by Crippen LogP contribution is 2.18. The summed E-state index contributed by atoms with van der Waals surface area (Å²) in [7, 11) is 1.69. The number of nitrogens with one attached hydrogen (secondary N) is 2. The second-order valence-corrected chi connectivity index (χ2v) is 7.92. The Morgan fingerprint density at radius 3 is 2.47 bits per heavy atom. The number of amides is 3. The van der Waals surface area contributed by atoms with Crippen molar-refractivity contribution in [3.63, 3.8) is 0 Å². The van der Waals surface area contributed by atoms with Gasteiger partial charge in [0.1, 0.15) is 0 Å². The summed E-state index contributed by atoms with van der Waals surface area (Å²) in [4.78, 5) is 30.4. The van der Waals surface area contributed by atoms with Crippen molar-refractivity contribution >= 4 is 29.2 Å². The van der Waals surface area contributed by atoms with Crippen LogP contribution in [0.15, 0.2) is 53.1 Å². The zero-order chi connectivity index (χ0) is 23.1. The van der Waals surface area contributed by atoms with Crippen LogP contribution >= 0.6 is 11.6 Å². The SMILES string of the molecule is CC[C@H](C)NC(=O)c1ccc(-c2nc(CCN(C)C(=O)Nc3ccc(Cl)cc3)no2)cc1. The van der Waals surface area contributed by atoms with Crippen molar-refractivity contribution in [2.24, 2.45) is 0 Å². The molecule has 0 radical (unpaired) electrons. The van der Waals surface area contributed by atoms with Gasteiger partial charge in [-0.05, 0) is 61.9 Å². The van der Waals surface area contributed by atoms with Gasteiger partial charge >= 0.3 is 6.03 Å². The molecule has 0 aliphatic rings. The van der Waals surface area contributed by atoms with E-state index in [0.717, 1.165) is 12.0 Å². The van der Waals surface area contributed by atoms with Crippen molar-refractivity contribution in [2.75, 3.05) is 18.9 Å². The van der Waals surface area contributed by atoms with Gasteiger partial charge in [0.15, 0.2) is 5.82 Å². The van der Waals surface area contributed by atoms with Crippen LogP contribution < -0.4 is 10.6 Å². The standard InChI is InChI=1S/C23H26ClN5O3/c1-4-15(2)25-21(30)16-5-7-17(8-6-16)22-27-20(28-32-22)13-14-29(3)23(31)26-19-11-9-18(24)10-12-19/h5-12,15H,4,13-14H2,1-3H3,(H,25,30)(H,26,31)/t15-/m0/s1. The van der Waals surface area contributed by atoms with Crippen LogP contribution in [0.2, 0.25) is 5.02 Å². The quantitative estimate of drug-likeness (QED) is 0.516. The fourth-order valence-corrected chi connectivity index (χ4v) is 2.89. The van der Waals surface area contributed by atoms with E-state index in [0.29, 0.717) is 41.0 Å². The Labute approximate surface area is 192 Å². The van der Waals surface area contributed by atoms with E-state index in [1.807, 2.05) is 13.8 Å². The molecule has 1 atom stereocenters. The maximum absolute atomic E-state index is 12.3. The predicted molar refractivity (Wildman–Crippen MR) is 124 cm³/mol. The summed E-state index contributed by atoms with van der Waals surface area (Å²) in [6.07, 6.45) is 1.30. The average Bonchev–Trinajstić information content (AvgIpc) is 3.28. The molecule has 0 spiro atoms. The molecule has 0 bridgehead atoms. The van der Waals surface area contributed by atoms with Crippen LogP contribution in [-0.4, -0.2) is 46.6 Å². The molecule has 8 nitrogen and oxygen atoms in total. The summed E-state index contributed by atoms with van der Waals surface area (Å²) in [5.41, 5.74) is 1.95. The molecule has 0 aliphatic heterocycles. The molecule has 9 heteroatoms. The number of rotatable bonds is 8. The smallest absolute Gasteiger partial charge is 0.321 e. The summed E-state index contributed by atoms with van der Waals surface area (Å²) in [6.45, 7) is 4.39. The van der Waals surface area contributed by atoms with E-state index >= 15 is 0 Å². The number of benzene rings is 2. The number of hydrogen-bond acceptors (Lipinski definition) is 5. The molecular weight excluding hydrogens is 430 g/mol. The van der Waals surface area contributed by atoms with Crippen molar-refractivity contribution in [1.82, 2.24) is 20.4 Å². The molecule has 0 aliphatic carbocycles. The summed E-state index contributed by atoms with van der Waals surface area (Å²) >= 11 is 5.86. The van der Waals surface area contributed by atoms with Gasteiger partial charge < -0.3 is 20.1 Å². The normalized spacial score (nSPS) is 11.6. The number of aromatic nitrogens is 2. The van der Waals surface area contributed by atoms with E-state index in [4.69, 9.17) is 16.1 Å². The highest BCUT2D eigenvalue weighted by atomic mass is 35.5. The molecule has 0 saturated heterocycles. The molecule has 1 aromatic heterocycles. The number of anilines is 1. The van der Waals surface area contributed by atoms with Gasteiger partial charge in [-0.3, -0.25) is 4.79 Å². The first-order valence-electron chi connectivity index (χ1n) is 10.4. The minimum Gasteiger partial charge on any atom is -0.350 e. The lowest BCUT2D eigenvalue weighted by molar-refractivity contribution is 0.0939. The first-order valence-corrected chi connectivity index (χ1v) is 10.7. The zero-order valence-electron chi connectivity index (χ0n) is 18.3. The fraction of sp³-hybridized carbons (Fsp3) is 0.304. The Morgan fingerprint density at radius 2 is 1.81 bits per heavy atom. The highest BCUT2D eigenvalue weighted by molar-refractivity contribution is 6.30. The van der Waals surface area contributed by atoms with Gasteiger partial charge in [-0.2, -0.15) is 4.98 Å². The summed E-state index contributed by atoms with van der Waals surface area (Å²) in [5, 5.41) is 10.3. The third kappa shape index (κ3) is 6.31. The molecule has 168 valence electrons. The van der Waals surface area contributed by atoms with Crippen LogP contribution in [0.3, 0.4) is 0 Å². The minimum atomic E-state index is -0.248. The molecule has 0 fully saturated rings. The first kappa shape index (κ1) is 23.3. The lowest BCUT2D eigenvalue weighted by Gasteiger charge is -2.17. The van der Waals surface area contributed by atoms with Gasteiger partial charge in [-0.15, -0.1) is 0 Å². The van der Waals surface area contributed by atoms with E-state index in [2.05, 4.69) is 20.8 Å². The second-order valence-electron chi connectivity index (χ2n) is 7.48. The first-order chi connectivity index (χ1) is 15.4. The molecule has 2 N–H and O–H groups in total. The van der Waals surface area contributed by atoms with E-state index in [1.165, 1.54) is 4.90 Å². The Balaban J connectivity index is 1.53. The fourth-order valence-electron chi connectivity index (χ4n) is 2.77. The highest BCUT2D eigenvalue weighted by Gasteiger charge is 2.14. The maximum Gasteiger partial charge on any atom is 0.321 e. The van der Waals surface area contributed by atoms with Crippen molar-refractivity contribution in [3.05, 3.63) is 64.9 Å². The van der Waals surface area contributed by atoms with Crippen LogP contribution in [0.1, 0.15) is 36.5 Å². The zero-order valence-corrected chi connectivity index (χ0v) is 19.0. The molecule has 2 aromatic carbocycles.